The van der Waals surface area contributed by atoms with Crippen LogP contribution in [0.5, 0.6) is 0 Å². The molecular weight excluding hydrogens is 669 g/mol. The minimum Gasteiger partial charge on any atom is -0.208 e. The van der Waals surface area contributed by atoms with Gasteiger partial charge in [-0.05, 0) is 90.7 Å². The number of fused-ring (bicyclic) bond motifs is 12. The molecule has 0 atom stereocenters. The van der Waals surface area contributed by atoms with E-state index < -0.39 is 5.41 Å². The lowest BCUT2D eigenvalue weighted by Crippen LogP contribution is -2.26. The average Bonchev–Trinajstić information content (AvgIpc) is 3.74. The van der Waals surface area contributed by atoms with Crippen LogP contribution < -0.4 is 0 Å². The van der Waals surface area contributed by atoms with Crippen molar-refractivity contribution in [3.63, 3.8) is 0 Å². The van der Waals surface area contributed by atoms with Crippen LogP contribution in [-0.4, -0.2) is 15.0 Å². The zero-order chi connectivity index (χ0) is 36.5. The summed E-state index contributed by atoms with van der Waals surface area (Å²) in [6, 6.07) is 66.2. The number of nitrogens with zero attached hydrogens (tertiary/aromatic N) is 4. The van der Waals surface area contributed by atoms with Crippen LogP contribution in [0, 0.1) is 11.3 Å². The fourth-order valence-corrected chi connectivity index (χ4v) is 9.12. The Morgan fingerprint density at radius 3 is 1.47 bits per heavy atom. The smallest absolute Gasteiger partial charge is 0.164 e. The van der Waals surface area contributed by atoms with Gasteiger partial charge in [-0.1, -0.05) is 158 Å². The van der Waals surface area contributed by atoms with Gasteiger partial charge in [-0.25, -0.2) is 15.0 Å². The van der Waals surface area contributed by atoms with E-state index in [2.05, 4.69) is 115 Å². The maximum Gasteiger partial charge on any atom is 0.164 e. The molecule has 0 radical (unpaired) electrons. The van der Waals surface area contributed by atoms with Gasteiger partial charge in [0.05, 0.1) is 17.0 Å². The van der Waals surface area contributed by atoms with Crippen molar-refractivity contribution in [2.75, 3.05) is 0 Å². The number of hydrogen-bond donors (Lipinski definition) is 0. The molecule has 11 rings (SSSR count). The van der Waals surface area contributed by atoms with Crippen LogP contribution >= 0.6 is 0 Å². The SMILES string of the molecule is N#Cc1cc(-c2nc(-c3ccccc3)nc(-c3ccccc3)n2)cc(-c2cc3ccccc3c3c2-c2ccccc2C32c3ccccc3-c3ccccc32)c1. The first-order chi connectivity index (χ1) is 27.2. The van der Waals surface area contributed by atoms with E-state index in [0.717, 1.165) is 33.2 Å². The van der Waals surface area contributed by atoms with Crippen LogP contribution in [0.3, 0.4) is 0 Å². The molecule has 8 aromatic carbocycles. The summed E-state index contributed by atoms with van der Waals surface area (Å²) in [4.78, 5) is 15.0. The highest BCUT2D eigenvalue weighted by molar-refractivity contribution is 6.09. The summed E-state index contributed by atoms with van der Waals surface area (Å²) >= 11 is 0. The van der Waals surface area contributed by atoms with Crippen molar-refractivity contribution in [1.29, 1.82) is 5.26 Å². The monoisotopic (exact) mass is 698 g/mol. The fourth-order valence-electron chi connectivity index (χ4n) is 9.12. The Balaban J connectivity index is 1.22. The molecule has 4 nitrogen and oxygen atoms in total. The predicted molar refractivity (Wildman–Crippen MR) is 220 cm³/mol. The number of aromatic nitrogens is 3. The quantitative estimate of drug-likeness (QED) is 0.184. The predicted octanol–water partition coefficient (Wildman–Crippen LogP) is 11.9. The molecule has 1 spiro atoms. The third kappa shape index (κ3) is 4.54. The summed E-state index contributed by atoms with van der Waals surface area (Å²) in [7, 11) is 0. The second-order valence-electron chi connectivity index (χ2n) is 14.2. The Morgan fingerprint density at radius 2 is 0.873 bits per heavy atom. The topological polar surface area (TPSA) is 62.5 Å². The molecule has 0 N–H and O–H groups in total. The second-order valence-corrected chi connectivity index (χ2v) is 14.2. The average molecular weight is 699 g/mol. The van der Waals surface area contributed by atoms with Crippen molar-refractivity contribution in [3.8, 4) is 73.6 Å². The van der Waals surface area contributed by atoms with E-state index in [1.807, 2.05) is 72.8 Å². The van der Waals surface area contributed by atoms with E-state index in [1.54, 1.807) is 0 Å². The lowest BCUT2D eigenvalue weighted by molar-refractivity contribution is 0.801. The van der Waals surface area contributed by atoms with Crippen molar-refractivity contribution >= 4 is 10.8 Å². The van der Waals surface area contributed by atoms with Crippen molar-refractivity contribution in [1.82, 2.24) is 15.0 Å². The van der Waals surface area contributed by atoms with Gasteiger partial charge in [0.15, 0.2) is 17.5 Å². The van der Waals surface area contributed by atoms with Crippen molar-refractivity contribution in [2.24, 2.45) is 0 Å². The van der Waals surface area contributed by atoms with Gasteiger partial charge >= 0.3 is 0 Å². The molecule has 0 saturated heterocycles. The largest absolute Gasteiger partial charge is 0.208 e. The first kappa shape index (κ1) is 31.1. The molecule has 55 heavy (non-hydrogen) atoms. The van der Waals surface area contributed by atoms with Gasteiger partial charge in [-0.15, -0.1) is 0 Å². The number of rotatable bonds is 4. The minimum absolute atomic E-state index is 0.513. The molecule has 0 saturated carbocycles. The second kappa shape index (κ2) is 12.0. The highest BCUT2D eigenvalue weighted by Crippen LogP contribution is 2.65. The van der Waals surface area contributed by atoms with Gasteiger partial charge in [0.25, 0.3) is 0 Å². The molecule has 0 bridgehead atoms. The summed E-state index contributed by atoms with van der Waals surface area (Å²) in [5.41, 5.74) is 14.6. The van der Waals surface area contributed by atoms with E-state index in [9.17, 15) is 5.26 Å². The zero-order valence-corrected chi connectivity index (χ0v) is 29.6. The highest BCUT2D eigenvalue weighted by Gasteiger charge is 2.53. The Hall–Kier alpha value is -7.48. The number of benzene rings is 8. The molecule has 1 aromatic heterocycles. The summed E-state index contributed by atoms with van der Waals surface area (Å²) in [5.74, 6) is 1.67. The van der Waals surface area contributed by atoms with Crippen molar-refractivity contribution < 1.29 is 0 Å². The first-order valence-corrected chi connectivity index (χ1v) is 18.5. The van der Waals surface area contributed by atoms with Gasteiger partial charge in [0.2, 0.25) is 0 Å². The van der Waals surface area contributed by atoms with Crippen LogP contribution in [0.1, 0.15) is 27.8 Å². The lowest BCUT2D eigenvalue weighted by Gasteiger charge is -2.31. The Kier molecular flexibility index (Phi) is 6.80. The molecule has 0 unspecified atom stereocenters. The van der Waals surface area contributed by atoms with E-state index in [4.69, 9.17) is 15.0 Å². The summed E-state index contributed by atoms with van der Waals surface area (Å²) in [5, 5.41) is 12.9. The normalized spacial score (nSPS) is 12.9. The molecule has 9 aromatic rings. The molecule has 0 amide bonds. The summed E-state index contributed by atoms with van der Waals surface area (Å²) < 4.78 is 0. The van der Waals surface area contributed by atoms with Crippen LogP contribution in [0.4, 0.5) is 0 Å². The molecule has 0 fully saturated rings. The van der Waals surface area contributed by atoms with E-state index >= 15 is 0 Å². The van der Waals surface area contributed by atoms with Crippen LogP contribution in [0.25, 0.3) is 78.3 Å². The van der Waals surface area contributed by atoms with Gasteiger partial charge in [-0.2, -0.15) is 5.26 Å². The number of nitriles is 1. The third-order valence-corrected chi connectivity index (χ3v) is 11.3. The van der Waals surface area contributed by atoms with Gasteiger partial charge < -0.3 is 0 Å². The molecule has 2 aliphatic rings. The van der Waals surface area contributed by atoms with E-state index in [-0.39, 0.29) is 0 Å². The molecule has 2 aliphatic carbocycles. The maximum atomic E-state index is 10.6. The van der Waals surface area contributed by atoms with Crippen molar-refractivity contribution in [2.45, 2.75) is 5.41 Å². The zero-order valence-electron chi connectivity index (χ0n) is 29.6. The van der Waals surface area contributed by atoms with Crippen LogP contribution in [0.2, 0.25) is 0 Å². The molecule has 1 heterocycles. The van der Waals surface area contributed by atoms with Gasteiger partial charge in [-0.3, -0.25) is 0 Å². The Labute approximate surface area is 318 Å². The maximum absolute atomic E-state index is 10.6. The first-order valence-electron chi connectivity index (χ1n) is 18.5. The summed E-state index contributed by atoms with van der Waals surface area (Å²) in [6.07, 6.45) is 0. The van der Waals surface area contributed by atoms with Crippen LogP contribution in [0.15, 0.2) is 182 Å². The molecule has 0 aliphatic heterocycles. The Bertz CT molecular complexity index is 2950. The minimum atomic E-state index is -0.520. The number of hydrogen-bond acceptors (Lipinski definition) is 4. The summed E-state index contributed by atoms with van der Waals surface area (Å²) in [6.45, 7) is 0. The highest BCUT2D eigenvalue weighted by atomic mass is 15.0. The van der Waals surface area contributed by atoms with Gasteiger partial charge in [0, 0.05) is 16.7 Å². The molecular formula is C51H30N4. The fraction of sp³-hybridized carbons (Fsp3) is 0.0196. The molecule has 4 heteroatoms. The molecule has 254 valence electrons. The van der Waals surface area contributed by atoms with E-state index in [0.29, 0.717) is 23.0 Å². The van der Waals surface area contributed by atoms with E-state index in [1.165, 1.54) is 49.9 Å². The van der Waals surface area contributed by atoms with Crippen LogP contribution in [-0.2, 0) is 5.41 Å². The Morgan fingerprint density at radius 1 is 0.400 bits per heavy atom. The third-order valence-electron chi connectivity index (χ3n) is 11.3. The van der Waals surface area contributed by atoms with Crippen molar-refractivity contribution in [3.05, 3.63) is 210 Å². The van der Waals surface area contributed by atoms with Gasteiger partial charge in [0.1, 0.15) is 0 Å². The standard InChI is InChI=1S/C51H30N4/c52-31-32-27-36(29-37(28-32)50-54-48(33-15-3-1-4-16-33)53-49(55-50)34-17-5-2-6-18-34)42-30-35-19-7-8-20-38(35)47-46(42)41-23-11-14-26-45(41)51(47)43-24-12-9-21-39(43)40-22-10-13-25-44(40)51/h1-30H. The lowest BCUT2D eigenvalue weighted by atomic mass is 9.69.